The summed E-state index contributed by atoms with van der Waals surface area (Å²) in [5.74, 6) is -0.102. The standard InChI is InChI=1S/C14H13ClN2O3/c1-20-13-3-2-11(7-12(13)18)17-14(19)8-4-9(15)6-10(16)5-8/h2-7,18H,16H2,1H3,(H,17,19). The van der Waals surface area contributed by atoms with E-state index in [0.717, 1.165) is 0 Å². The Kier molecular flexibility index (Phi) is 4.00. The van der Waals surface area contributed by atoms with Gasteiger partial charge >= 0.3 is 0 Å². The van der Waals surface area contributed by atoms with Crippen LogP contribution in [0.15, 0.2) is 36.4 Å². The maximum Gasteiger partial charge on any atom is 0.255 e. The van der Waals surface area contributed by atoms with Crippen LogP contribution in [0.5, 0.6) is 11.5 Å². The molecule has 0 aliphatic heterocycles. The van der Waals surface area contributed by atoms with Crippen molar-refractivity contribution < 1.29 is 14.6 Å². The van der Waals surface area contributed by atoms with Crippen molar-refractivity contribution >= 4 is 28.9 Å². The Morgan fingerprint density at radius 3 is 2.65 bits per heavy atom. The van der Waals surface area contributed by atoms with Gasteiger partial charge < -0.3 is 20.9 Å². The highest BCUT2D eigenvalue weighted by Crippen LogP contribution is 2.28. The van der Waals surface area contributed by atoms with Gasteiger partial charge in [-0.1, -0.05) is 11.6 Å². The summed E-state index contributed by atoms with van der Waals surface area (Å²) in [7, 11) is 1.45. The number of phenols is 1. The Labute approximate surface area is 120 Å². The lowest BCUT2D eigenvalue weighted by molar-refractivity contribution is 0.102. The molecule has 0 saturated carbocycles. The summed E-state index contributed by atoms with van der Waals surface area (Å²) in [5, 5.41) is 12.7. The lowest BCUT2D eigenvalue weighted by Gasteiger charge is -2.09. The van der Waals surface area contributed by atoms with E-state index in [1.807, 2.05) is 0 Å². The van der Waals surface area contributed by atoms with Gasteiger partial charge in [-0.25, -0.2) is 0 Å². The van der Waals surface area contributed by atoms with Gasteiger partial charge in [0.2, 0.25) is 0 Å². The minimum atomic E-state index is -0.372. The first-order valence-corrected chi connectivity index (χ1v) is 6.12. The molecule has 4 N–H and O–H groups in total. The maximum atomic E-state index is 12.0. The smallest absolute Gasteiger partial charge is 0.255 e. The highest BCUT2D eigenvalue weighted by atomic mass is 35.5. The number of halogens is 1. The third-order valence-corrected chi connectivity index (χ3v) is 2.84. The Morgan fingerprint density at radius 1 is 1.30 bits per heavy atom. The van der Waals surface area contributed by atoms with Crippen LogP contribution in [0, 0.1) is 0 Å². The fourth-order valence-corrected chi connectivity index (χ4v) is 1.96. The second-order valence-electron chi connectivity index (χ2n) is 4.11. The Morgan fingerprint density at radius 2 is 2.05 bits per heavy atom. The summed E-state index contributed by atoms with van der Waals surface area (Å²) in [6, 6.07) is 9.14. The highest BCUT2D eigenvalue weighted by Gasteiger charge is 2.09. The van der Waals surface area contributed by atoms with Crippen molar-refractivity contribution in [2.75, 3.05) is 18.2 Å². The predicted molar refractivity (Wildman–Crippen MR) is 78.5 cm³/mol. The number of hydrogen-bond donors (Lipinski definition) is 3. The van der Waals surface area contributed by atoms with Crippen molar-refractivity contribution in [3.63, 3.8) is 0 Å². The average molecular weight is 293 g/mol. The van der Waals surface area contributed by atoms with Gasteiger partial charge in [-0.2, -0.15) is 0 Å². The molecule has 0 unspecified atom stereocenters. The van der Waals surface area contributed by atoms with E-state index in [1.54, 1.807) is 18.2 Å². The van der Waals surface area contributed by atoms with E-state index in [9.17, 15) is 9.90 Å². The highest BCUT2D eigenvalue weighted by molar-refractivity contribution is 6.31. The molecular weight excluding hydrogens is 280 g/mol. The SMILES string of the molecule is COc1ccc(NC(=O)c2cc(N)cc(Cl)c2)cc1O. The van der Waals surface area contributed by atoms with Gasteiger partial charge in [-0.15, -0.1) is 0 Å². The van der Waals surface area contributed by atoms with Crippen LogP contribution in [-0.2, 0) is 0 Å². The van der Waals surface area contributed by atoms with Crippen molar-refractivity contribution in [2.24, 2.45) is 0 Å². The van der Waals surface area contributed by atoms with E-state index in [2.05, 4.69) is 5.32 Å². The molecule has 2 aromatic rings. The minimum absolute atomic E-state index is 0.0593. The number of amides is 1. The van der Waals surface area contributed by atoms with Gasteiger partial charge in [0.1, 0.15) is 0 Å². The minimum Gasteiger partial charge on any atom is -0.504 e. The summed E-state index contributed by atoms with van der Waals surface area (Å²) in [6.07, 6.45) is 0. The first-order valence-electron chi connectivity index (χ1n) is 5.74. The van der Waals surface area contributed by atoms with Crippen LogP contribution >= 0.6 is 11.6 Å². The molecule has 1 amide bonds. The molecule has 0 spiro atoms. The van der Waals surface area contributed by atoms with Gasteiger partial charge in [0, 0.05) is 28.0 Å². The van der Waals surface area contributed by atoms with Crippen LogP contribution in [0.3, 0.4) is 0 Å². The lowest BCUT2D eigenvalue weighted by atomic mass is 10.2. The first kappa shape index (κ1) is 14.0. The average Bonchev–Trinajstić information content (AvgIpc) is 2.37. The first-order chi connectivity index (χ1) is 9.49. The van der Waals surface area contributed by atoms with E-state index in [-0.39, 0.29) is 11.7 Å². The molecule has 104 valence electrons. The predicted octanol–water partition coefficient (Wildman–Crippen LogP) is 2.89. The molecule has 0 aliphatic carbocycles. The quantitative estimate of drug-likeness (QED) is 0.759. The van der Waals surface area contributed by atoms with Gasteiger partial charge in [0.25, 0.3) is 5.91 Å². The zero-order chi connectivity index (χ0) is 14.7. The van der Waals surface area contributed by atoms with Crippen LogP contribution in [0.4, 0.5) is 11.4 Å². The number of rotatable bonds is 3. The molecule has 20 heavy (non-hydrogen) atoms. The number of nitrogens with two attached hydrogens (primary N) is 1. The van der Waals surface area contributed by atoms with Crippen molar-refractivity contribution in [1.82, 2.24) is 0 Å². The Hall–Kier alpha value is -2.40. The summed E-state index contributed by atoms with van der Waals surface area (Å²) in [6.45, 7) is 0. The van der Waals surface area contributed by atoms with E-state index in [4.69, 9.17) is 22.1 Å². The van der Waals surface area contributed by atoms with Crippen LogP contribution < -0.4 is 15.8 Å². The fraction of sp³-hybridized carbons (Fsp3) is 0.0714. The normalized spacial score (nSPS) is 10.1. The Balaban J connectivity index is 2.21. The zero-order valence-corrected chi connectivity index (χ0v) is 11.4. The van der Waals surface area contributed by atoms with Crippen molar-refractivity contribution in [3.05, 3.63) is 47.0 Å². The van der Waals surface area contributed by atoms with E-state index in [0.29, 0.717) is 27.7 Å². The number of carbonyl (C=O) groups excluding carboxylic acids is 1. The fourth-order valence-electron chi connectivity index (χ4n) is 1.71. The molecule has 0 radical (unpaired) electrons. The van der Waals surface area contributed by atoms with Crippen LogP contribution in [-0.4, -0.2) is 18.1 Å². The molecule has 6 heteroatoms. The van der Waals surface area contributed by atoms with E-state index in [1.165, 1.54) is 25.3 Å². The van der Waals surface area contributed by atoms with Crippen LogP contribution in [0.25, 0.3) is 0 Å². The number of nitrogen functional groups attached to an aromatic ring is 1. The largest absolute Gasteiger partial charge is 0.504 e. The van der Waals surface area contributed by atoms with Crippen molar-refractivity contribution in [3.8, 4) is 11.5 Å². The monoisotopic (exact) mass is 292 g/mol. The Bertz CT molecular complexity index is 639. The molecule has 2 rings (SSSR count). The summed E-state index contributed by atoms with van der Waals surface area (Å²) >= 11 is 5.85. The number of carbonyl (C=O) groups is 1. The molecule has 2 aromatic carbocycles. The number of anilines is 2. The van der Waals surface area contributed by atoms with Crippen LogP contribution in [0.2, 0.25) is 5.02 Å². The lowest BCUT2D eigenvalue weighted by Crippen LogP contribution is -2.12. The second kappa shape index (κ2) is 5.71. The molecule has 0 heterocycles. The molecule has 5 nitrogen and oxygen atoms in total. The van der Waals surface area contributed by atoms with Crippen molar-refractivity contribution in [1.29, 1.82) is 0 Å². The molecule has 0 atom stereocenters. The molecular formula is C14H13ClN2O3. The topological polar surface area (TPSA) is 84.6 Å². The van der Waals surface area contributed by atoms with Gasteiger partial charge in [-0.05, 0) is 30.3 Å². The van der Waals surface area contributed by atoms with Crippen molar-refractivity contribution in [2.45, 2.75) is 0 Å². The summed E-state index contributed by atoms with van der Waals surface area (Å²) < 4.78 is 4.92. The van der Waals surface area contributed by atoms with E-state index < -0.39 is 0 Å². The maximum absolute atomic E-state index is 12.0. The third kappa shape index (κ3) is 3.13. The van der Waals surface area contributed by atoms with Gasteiger partial charge in [0.05, 0.1) is 7.11 Å². The molecule has 0 fully saturated rings. The van der Waals surface area contributed by atoms with Gasteiger partial charge in [0.15, 0.2) is 11.5 Å². The molecule has 0 aromatic heterocycles. The second-order valence-corrected chi connectivity index (χ2v) is 4.55. The molecule has 0 saturated heterocycles. The van der Waals surface area contributed by atoms with Gasteiger partial charge in [-0.3, -0.25) is 4.79 Å². The van der Waals surface area contributed by atoms with Crippen LogP contribution in [0.1, 0.15) is 10.4 Å². The number of nitrogens with one attached hydrogen (secondary N) is 1. The number of ether oxygens (including phenoxy) is 1. The number of hydrogen-bond acceptors (Lipinski definition) is 4. The third-order valence-electron chi connectivity index (χ3n) is 2.62. The summed E-state index contributed by atoms with van der Waals surface area (Å²) in [4.78, 5) is 12.0. The summed E-state index contributed by atoms with van der Waals surface area (Å²) in [5.41, 5.74) is 6.81. The number of aromatic hydroxyl groups is 1. The number of phenolic OH excluding ortho intramolecular Hbond substituents is 1. The number of benzene rings is 2. The molecule has 0 aliphatic rings. The molecule has 0 bridgehead atoms. The van der Waals surface area contributed by atoms with E-state index >= 15 is 0 Å². The zero-order valence-electron chi connectivity index (χ0n) is 10.7. The number of methoxy groups -OCH3 is 1.